The van der Waals surface area contributed by atoms with Gasteiger partial charge in [-0.2, -0.15) is 0 Å². The van der Waals surface area contributed by atoms with Gasteiger partial charge in [0.15, 0.2) is 11.5 Å². The molecule has 1 N–H and O–H groups in total. The third kappa shape index (κ3) is 2.69. The summed E-state index contributed by atoms with van der Waals surface area (Å²) in [5, 5.41) is 9.01. The third-order valence-electron chi connectivity index (χ3n) is 4.11. The van der Waals surface area contributed by atoms with E-state index in [0.717, 1.165) is 18.7 Å². The molecule has 0 radical (unpaired) electrons. The van der Waals surface area contributed by atoms with Gasteiger partial charge >= 0.3 is 5.97 Å². The molecule has 1 aliphatic rings. The van der Waals surface area contributed by atoms with Crippen LogP contribution < -0.4 is 0 Å². The topological polar surface area (TPSA) is 63.3 Å². The fourth-order valence-electron chi connectivity index (χ4n) is 2.96. The maximum absolute atomic E-state index is 11.0. The van der Waals surface area contributed by atoms with Crippen LogP contribution in [-0.2, 0) is 0 Å². The van der Waals surface area contributed by atoms with E-state index in [1.807, 2.05) is 0 Å². The molecule has 1 aromatic carbocycles. The lowest BCUT2D eigenvalue weighted by Gasteiger charge is -2.16. The SMILES string of the molecule is O=C(O)c1ccc2oc(C3CCCCCCC3)nc2c1. The Balaban J connectivity index is 1.89. The Morgan fingerprint density at radius 2 is 1.85 bits per heavy atom. The molecule has 1 fully saturated rings. The Labute approximate surface area is 117 Å². The summed E-state index contributed by atoms with van der Waals surface area (Å²) in [6.07, 6.45) is 8.62. The van der Waals surface area contributed by atoms with Crippen LogP contribution in [0.3, 0.4) is 0 Å². The average Bonchev–Trinajstić information content (AvgIpc) is 2.80. The highest BCUT2D eigenvalue weighted by Gasteiger charge is 2.19. The molecule has 0 spiro atoms. The van der Waals surface area contributed by atoms with Crippen molar-refractivity contribution in [2.75, 3.05) is 0 Å². The van der Waals surface area contributed by atoms with Crippen LogP contribution in [0, 0.1) is 0 Å². The minimum atomic E-state index is -0.928. The fourth-order valence-corrected chi connectivity index (χ4v) is 2.96. The molecular formula is C16H19NO3. The Morgan fingerprint density at radius 1 is 1.15 bits per heavy atom. The van der Waals surface area contributed by atoms with E-state index >= 15 is 0 Å². The molecular weight excluding hydrogens is 254 g/mol. The number of rotatable bonds is 2. The van der Waals surface area contributed by atoms with Crippen LogP contribution in [0.2, 0.25) is 0 Å². The molecule has 1 aliphatic carbocycles. The number of hydrogen-bond donors (Lipinski definition) is 1. The highest BCUT2D eigenvalue weighted by Crippen LogP contribution is 2.32. The van der Waals surface area contributed by atoms with Crippen molar-refractivity contribution in [1.29, 1.82) is 0 Å². The van der Waals surface area contributed by atoms with Gasteiger partial charge in [0.05, 0.1) is 5.56 Å². The number of nitrogens with zero attached hydrogens (tertiary/aromatic N) is 1. The van der Waals surface area contributed by atoms with Crippen LogP contribution in [0.1, 0.15) is 67.1 Å². The fraction of sp³-hybridized carbons (Fsp3) is 0.500. The molecule has 4 heteroatoms. The zero-order valence-electron chi connectivity index (χ0n) is 11.5. The number of carbonyl (C=O) groups is 1. The summed E-state index contributed by atoms with van der Waals surface area (Å²) in [5.41, 5.74) is 1.60. The van der Waals surface area contributed by atoms with Crippen molar-refractivity contribution in [3.8, 4) is 0 Å². The standard InChI is InChI=1S/C16H19NO3/c18-16(19)12-8-9-14-13(10-12)17-15(20-14)11-6-4-2-1-3-5-7-11/h8-11H,1-7H2,(H,18,19). The molecule has 0 saturated heterocycles. The van der Waals surface area contributed by atoms with E-state index < -0.39 is 5.97 Å². The predicted molar refractivity (Wildman–Crippen MR) is 76.0 cm³/mol. The van der Waals surface area contributed by atoms with Gasteiger partial charge in [-0.1, -0.05) is 32.1 Å². The first kappa shape index (κ1) is 13.2. The van der Waals surface area contributed by atoms with Gasteiger partial charge in [-0.05, 0) is 31.0 Å². The zero-order chi connectivity index (χ0) is 13.9. The van der Waals surface area contributed by atoms with Gasteiger partial charge in [-0.25, -0.2) is 9.78 Å². The van der Waals surface area contributed by atoms with Crippen molar-refractivity contribution in [2.45, 2.75) is 50.9 Å². The van der Waals surface area contributed by atoms with Crippen molar-refractivity contribution in [3.05, 3.63) is 29.7 Å². The van der Waals surface area contributed by atoms with Gasteiger partial charge in [-0.15, -0.1) is 0 Å². The summed E-state index contributed by atoms with van der Waals surface area (Å²) >= 11 is 0. The van der Waals surface area contributed by atoms with Gasteiger partial charge in [0.25, 0.3) is 0 Å². The molecule has 0 unspecified atom stereocenters. The molecule has 0 atom stereocenters. The summed E-state index contributed by atoms with van der Waals surface area (Å²) in [6.45, 7) is 0. The second-order valence-electron chi connectivity index (χ2n) is 5.58. The van der Waals surface area contributed by atoms with Crippen LogP contribution in [-0.4, -0.2) is 16.1 Å². The number of hydrogen-bond acceptors (Lipinski definition) is 3. The van der Waals surface area contributed by atoms with Crippen molar-refractivity contribution in [3.63, 3.8) is 0 Å². The van der Waals surface area contributed by atoms with E-state index in [0.29, 0.717) is 17.0 Å². The molecule has 2 aromatic rings. The van der Waals surface area contributed by atoms with Gasteiger partial charge in [0, 0.05) is 5.92 Å². The first-order valence-electron chi connectivity index (χ1n) is 7.38. The van der Waals surface area contributed by atoms with E-state index in [1.54, 1.807) is 18.2 Å². The van der Waals surface area contributed by atoms with Crippen molar-refractivity contribution >= 4 is 17.1 Å². The molecule has 3 rings (SSSR count). The van der Waals surface area contributed by atoms with Crippen molar-refractivity contribution in [1.82, 2.24) is 4.98 Å². The quantitative estimate of drug-likeness (QED) is 0.883. The number of oxazole rings is 1. The molecule has 0 aliphatic heterocycles. The summed E-state index contributed by atoms with van der Waals surface area (Å²) in [5.74, 6) is 0.239. The van der Waals surface area contributed by atoms with Crippen LogP contribution in [0.25, 0.3) is 11.1 Å². The van der Waals surface area contributed by atoms with E-state index in [-0.39, 0.29) is 5.56 Å². The number of fused-ring (bicyclic) bond motifs is 1. The molecule has 1 aromatic heterocycles. The third-order valence-corrected chi connectivity index (χ3v) is 4.11. The molecule has 20 heavy (non-hydrogen) atoms. The van der Waals surface area contributed by atoms with Crippen molar-refractivity contribution in [2.24, 2.45) is 0 Å². The van der Waals surface area contributed by atoms with Gasteiger partial charge in [-0.3, -0.25) is 0 Å². The minimum Gasteiger partial charge on any atom is -0.478 e. The highest BCUT2D eigenvalue weighted by atomic mass is 16.4. The first-order chi connectivity index (χ1) is 9.74. The normalized spacial score (nSPS) is 17.8. The molecule has 0 bridgehead atoms. The van der Waals surface area contributed by atoms with E-state index in [4.69, 9.17) is 9.52 Å². The summed E-state index contributed by atoms with van der Waals surface area (Å²) < 4.78 is 5.83. The van der Waals surface area contributed by atoms with E-state index in [1.165, 1.54) is 32.1 Å². The Bertz CT molecular complexity index is 609. The maximum atomic E-state index is 11.0. The molecule has 1 saturated carbocycles. The lowest BCUT2D eigenvalue weighted by Crippen LogP contribution is -2.02. The minimum absolute atomic E-state index is 0.259. The summed E-state index contributed by atoms with van der Waals surface area (Å²) in [4.78, 5) is 15.5. The highest BCUT2D eigenvalue weighted by molar-refractivity contribution is 5.91. The maximum Gasteiger partial charge on any atom is 0.335 e. The second kappa shape index (κ2) is 5.65. The van der Waals surface area contributed by atoms with Crippen LogP contribution in [0.15, 0.2) is 22.6 Å². The van der Waals surface area contributed by atoms with Crippen molar-refractivity contribution < 1.29 is 14.3 Å². The van der Waals surface area contributed by atoms with E-state index in [2.05, 4.69) is 4.98 Å². The molecule has 106 valence electrons. The molecule has 4 nitrogen and oxygen atoms in total. The zero-order valence-corrected chi connectivity index (χ0v) is 11.5. The molecule has 1 heterocycles. The lowest BCUT2D eigenvalue weighted by molar-refractivity contribution is 0.0697. The summed E-state index contributed by atoms with van der Waals surface area (Å²) in [7, 11) is 0. The van der Waals surface area contributed by atoms with Crippen LogP contribution in [0.4, 0.5) is 0 Å². The number of carboxylic acid groups (broad SMARTS) is 1. The predicted octanol–water partition coefficient (Wildman–Crippen LogP) is 4.35. The summed E-state index contributed by atoms with van der Waals surface area (Å²) in [6, 6.07) is 4.86. The van der Waals surface area contributed by atoms with E-state index in [9.17, 15) is 4.79 Å². The Kier molecular flexibility index (Phi) is 3.72. The van der Waals surface area contributed by atoms with Gasteiger partial charge < -0.3 is 9.52 Å². The monoisotopic (exact) mass is 273 g/mol. The van der Waals surface area contributed by atoms with Gasteiger partial charge in [0.2, 0.25) is 0 Å². The Hall–Kier alpha value is -1.84. The molecule has 0 amide bonds. The number of aromatic carboxylic acids is 1. The Morgan fingerprint density at radius 3 is 2.55 bits per heavy atom. The number of carboxylic acids is 1. The van der Waals surface area contributed by atoms with Crippen LogP contribution in [0.5, 0.6) is 0 Å². The average molecular weight is 273 g/mol. The number of benzene rings is 1. The van der Waals surface area contributed by atoms with Crippen LogP contribution >= 0.6 is 0 Å². The first-order valence-corrected chi connectivity index (χ1v) is 7.38. The second-order valence-corrected chi connectivity index (χ2v) is 5.58. The largest absolute Gasteiger partial charge is 0.478 e. The lowest BCUT2D eigenvalue weighted by atomic mass is 9.91. The van der Waals surface area contributed by atoms with Gasteiger partial charge in [0.1, 0.15) is 5.52 Å². The number of aromatic nitrogens is 1. The smallest absolute Gasteiger partial charge is 0.335 e.